The Kier molecular flexibility index (Phi) is 11.2. The van der Waals surface area contributed by atoms with E-state index in [0.29, 0.717) is 6.61 Å². The third-order valence-corrected chi connectivity index (χ3v) is 3.59. The zero-order valence-electron chi connectivity index (χ0n) is 12.8. The van der Waals surface area contributed by atoms with E-state index in [4.69, 9.17) is 4.74 Å². The zero-order valence-corrected chi connectivity index (χ0v) is 12.8. The molecule has 1 aliphatic rings. The first-order valence-electron chi connectivity index (χ1n) is 7.90. The quantitative estimate of drug-likeness (QED) is 0.496. The molecule has 0 aromatic rings. The minimum atomic E-state index is 0.0587. The van der Waals surface area contributed by atoms with Crippen LogP contribution in [0.25, 0.3) is 0 Å². The fraction of sp³-hybridized carbons (Fsp3) is 0.938. The van der Waals surface area contributed by atoms with E-state index in [1.165, 1.54) is 32.1 Å². The van der Waals surface area contributed by atoms with E-state index in [1.54, 1.807) is 0 Å². The summed E-state index contributed by atoms with van der Waals surface area (Å²) in [5.74, 6) is 1.05. The molecule has 0 aromatic carbocycles. The van der Waals surface area contributed by atoms with Gasteiger partial charge in [0.15, 0.2) is 0 Å². The van der Waals surface area contributed by atoms with Gasteiger partial charge in [0.2, 0.25) is 0 Å². The third-order valence-electron chi connectivity index (χ3n) is 3.59. The monoisotopic (exact) mass is 256 g/mol. The lowest BCUT2D eigenvalue weighted by Gasteiger charge is -2.24. The summed E-state index contributed by atoms with van der Waals surface area (Å²) in [7, 11) is 0. The molecular weight excluding hydrogens is 224 g/mol. The van der Waals surface area contributed by atoms with Crippen LogP contribution in [0.15, 0.2) is 0 Å². The number of unbranched alkanes of at least 4 members (excludes halogenated alkanes) is 3. The van der Waals surface area contributed by atoms with Crippen LogP contribution < -0.4 is 0 Å². The molecule has 0 spiro atoms. The van der Waals surface area contributed by atoms with Gasteiger partial charge in [0, 0.05) is 0 Å². The molecule has 2 nitrogen and oxygen atoms in total. The first-order valence-corrected chi connectivity index (χ1v) is 7.90. The molecule has 1 saturated carbocycles. The first kappa shape index (κ1) is 17.5. The maximum Gasteiger partial charge on any atom is 0.308 e. The molecule has 0 heterocycles. The largest absolute Gasteiger partial charge is 0.465 e. The van der Waals surface area contributed by atoms with Gasteiger partial charge in [-0.25, -0.2) is 0 Å². The highest BCUT2D eigenvalue weighted by Crippen LogP contribution is 2.29. The summed E-state index contributed by atoms with van der Waals surface area (Å²) in [5, 5.41) is 0. The summed E-state index contributed by atoms with van der Waals surface area (Å²) in [6.07, 6.45) is 9.15. The van der Waals surface area contributed by atoms with Crippen molar-refractivity contribution in [3.8, 4) is 0 Å². The van der Waals surface area contributed by atoms with Crippen molar-refractivity contribution >= 4 is 5.97 Å². The van der Waals surface area contributed by atoms with Crippen molar-refractivity contribution in [2.75, 3.05) is 6.61 Å². The molecule has 0 N–H and O–H groups in total. The summed E-state index contributed by atoms with van der Waals surface area (Å²) in [4.78, 5) is 11.7. The molecule has 0 radical (unpaired) electrons. The second-order valence-corrected chi connectivity index (χ2v) is 5.18. The summed E-state index contributed by atoms with van der Waals surface area (Å²) in [5.41, 5.74) is 0. The van der Waals surface area contributed by atoms with E-state index < -0.39 is 0 Å². The number of carbonyl (C=O) groups excluding carboxylic acids is 1. The fourth-order valence-corrected chi connectivity index (χ4v) is 2.32. The van der Waals surface area contributed by atoms with Gasteiger partial charge in [-0.3, -0.25) is 4.79 Å². The highest BCUT2D eigenvalue weighted by molar-refractivity contribution is 5.72. The van der Waals surface area contributed by atoms with Gasteiger partial charge in [-0.05, 0) is 38.0 Å². The molecule has 0 atom stereocenters. The summed E-state index contributed by atoms with van der Waals surface area (Å²) >= 11 is 0. The molecule has 0 amide bonds. The second-order valence-electron chi connectivity index (χ2n) is 5.18. The topological polar surface area (TPSA) is 26.3 Å². The minimum absolute atomic E-state index is 0.0587. The van der Waals surface area contributed by atoms with Crippen LogP contribution in [-0.4, -0.2) is 12.6 Å². The van der Waals surface area contributed by atoms with Crippen molar-refractivity contribution < 1.29 is 9.53 Å². The van der Waals surface area contributed by atoms with Crippen LogP contribution >= 0.6 is 0 Å². The smallest absolute Gasteiger partial charge is 0.308 e. The Hall–Kier alpha value is -0.530. The second kappa shape index (κ2) is 11.6. The van der Waals surface area contributed by atoms with Gasteiger partial charge in [-0.1, -0.05) is 47.0 Å². The number of rotatable bonds is 6. The van der Waals surface area contributed by atoms with Crippen LogP contribution in [0.3, 0.4) is 0 Å². The summed E-state index contributed by atoms with van der Waals surface area (Å²) < 4.78 is 5.32. The Morgan fingerprint density at radius 2 is 1.67 bits per heavy atom. The number of hydrogen-bond acceptors (Lipinski definition) is 2. The summed E-state index contributed by atoms with van der Waals surface area (Å²) in [6.45, 7) is 9.09. The van der Waals surface area contributed by atoms with Gasteiger partial charge in [0.05, 0.1) is 12.5 Å². The van der Waals surface area contributed by atoms with E-state index >= 15 is 0 Å². The molecule has 1 aliphatic carbocycles. The lowest BCUT2D eigenvalue weighted by Crippen LogP contribution is -2.23. The van der Waals surface area contributed by atoms with Gasteiger partial charge in [0.25, 0.3) is 0 Å². The Morgan fingerprint density at radius 1 is 1.06 bits per heavy atom. The maximum atomic E-state index is 11.7. The van der Waals surface area contributed by atoms with Gasteiger partial charge in [0.1, 0.15) is 0 Å². The Bertz CT molecular complexity index is 193. The van der Waals surface area contributed by atoms with E-state index in [1.807, 2.05) is 13.8 Å². The van der Waals surface area contributed by atoms with Crippen molar-refractivity contribution in [1.82, 2.24) is 0 Å². The zero-order chi connectivity index (χ0) is 13.8. The number of hydrogen-bond donors (Lipinski definition) is 0. The molecule has 1 rings (SSSR count). The van der Waals surface area contributed by atoms with E-state index in [0.717, 1.165) is 25.2 Å². The fourth-order valence-electron chi connectivity index (χ4n) is 2.32. The average Bonchev–Trinajstić information content (AvgIpc) is 2.41. The molecule has 0 aliphatic heterocycles. The van der Waals surface area contributed by atoms with Gasteiger partial charge >= 0.3 is 5.97 Å². The third kappa shape index (κ3) is 7.73. The first-order chi connectivity index (χ1) is 8.74. The van der Waals surface area contributed by atoms with Crippen LogP contribution in [0, 0.1) is 11.8 Å². The molecule has 0 bridgehead atoms. The average molecular weight is 256 g/mol. The minimum Gasteiger partial charge on any atom is -0.465 e. The van der Waals surface area contributed by atoms with Gasteiger partial charge in [-0.2, -0.15) is 0 Å². The highest BCUT2D eigenvalue weighted by Gasteiger charge is 2.25. The van der Waals surface area contributed by atoms with Crippen LogP contribution in [0.1, 0.15) is 79.1 Å². The number of carbonyl (C=O) groups is 1. The lowest BCUT2D eigenvalue weighted by molar-refractivity contribution is -0.150. The molecule has 18 heavy (non-hydrogen) atoms. The van der Waals surface area contributed by atoms with Crippen molar-refractivity contribution in [2.24, 2.45) is 11.8 Å². The Labute approximate surface area is 113 Å². The predicted molar refractivity (Wildman–Crippen MR) is 77.6 cm³/mol. The molecule has 0 unspecified atom stereocenters. The van der Waals surface area contributed by atoms with Crippen LogP contribution in [0.2, 0.25) is 0 Å². The molecule has 0 aromatic heterocycles. The molecule has 1 fully saturated rings. The van der Waals surface area contributed by atoms with Gasteiger partial charge < -0.3 is 4.74 Å². The lowest BCUT2D eigenvalue weighted by atomic mass is 9.83. The Morgan fingerprint density at radius 3 is 2.22 bits per heavy atom. The van der Waals surface area contributed by atoms with Crippen molar-refractivity contribution in [2.45, 2.75) is 79.1 Å². The van der Waals surface area contributed by atoms with Gasteiger partial charge in [-0.15, -0.1) is 0 Å². The number of ether oxygens (including phenoxy) is 1. The molecule has 2 heteroatoms. The molecule has 0 saturated heterocycles. The van der Waals surface area contributed by atoms with E-state index in [9.17, 15) is 4.79 Å². The summed E-state index contributed by atoms with van der Waals surface area (Å²) in [6, 6.07) is 0. The predicted octanol–water partition coefficient (Wildman–Crippen LogP) is 4.96. The number of esters is 1. The van der Waals surface area contributed by atoms with Crippen LogP contribution in [-0.2, 0) is 9.53 Å². The Balaban J connectivity index is 0.00000137. The van der Waals surface area contributed by atoms with E-state index in [2.05, 4.69) is 13.8 Å². The van der Waals surface area contributed by atoms with Crippen molar-refractivity contribution in [3.05, 3.63) is 0 Å². The van der Waals surface area contributed by atoms with E-state index in [-0.39, 0.29) is 11.9 Å². The highest BCUT2D eigenvalue weighted by atomic mass is 16.5. The van der Waals surface area contributed by atoms with Crippen molar-refractivity contribution in [1.29, 1.82) is 0 Å². The van der Waals surface area contributed by atoms with Crippen LogP contribution in [0.4, 0.5) is 0 Å². The standard InChI is InChI=1S/C14H26O2.C2H6/c1-3-4-5-6-11-16-14(15)13-9-7-12(2)8-10-13;1-2/h12-13H,3-11H2,1-2H3;1-2H3. The van der Waals surface area contributed by atoms with Crippen LogP contribution in [0.5, 0.6) is 0 Å². The SMILES string of the molecule is CC.CCCCCCOC(=O)C1CCC(C)CC1. The molecule has 108 valence electrons. The van der Waals surface area contributed by atoms with Crippen molar-refractivity contribution in [3.63, 3.8) is 0 Å². The molecular formula is C16H32O2. The maximum absolute atomic E-state index is 11.7. The normalized spacial score (nSPS) is 22.9.